The maximum atomic E-state index is 8.83. The first-order valence-electron chi connectivity index (χ1n) is 6.59. The molecule has 0 unspecified atom stereocenters. The van der Waals surface area contributed by atoms with Gasteiger partial charge in [-0.15, -0.1) is 0 Å². The molecule has 0 amide bonds. The normalized spacial score (nSPS) is 18.2. The summed E-state index contributed by atoms with van der Waals surface area (Å²) in [6, 6.07) is 9.67. The minimum absolute atomic E-state index is 0.595. The summed E-state index contributed by atoms with van der Waals surface area (Å²) < 4.78 is 11.8. The average Bonchev–Trinajstić information content (AvgIpc) is 2.46. The number of benzene rings is 1. The van der Waals surface area contributed by atoms with E-state index in [4.69, 9.17) is 14.7 Å². The molecule has 1 aliphatic heterocycles. The molecule has 1 heterocycles. The van der Waals surface area contributed by atoms with Crippen molar-refractivity contribution < 1.29 is 9.47 Å². The predicted octanol–water partition coefficient (Wildman–Crippen LogP) is 3.34. The fourth-order valence-electron chi connectivity index (χ4n) is 2.24. The van der Waals surface area contributed by atoms with Crippen LogP contribution in [-0.2, 0) is 15.3 Å². The highest BCUT2D eigenvalue weighted by Crippen LogP contribution is 2.35. The predicted molar refractivity (Wildman–Crippen MR) is 68.9 cm³/mol. The van der Waals surface area contributed by atoms with E-state index in [-0.39, 0.29) is 0 Å². The maximum absolute atomic E-state index is 8.83. The fraction of sp³-hybridized carbons (Fsp3) is 0.533. The van der Waals surface area contributed by atoms with Crippen LogP contribution in [0.4, 0.5) is 0 Å². The first-order valence-corrected chi connectivity index (χ1v) is 6.59. The zero-order valence-corrected chi connectivity index (χ0v) is 10.8. The molecule has 1 aromatic carbocycles. The zero-order chi connectivity index (χ0) is 12.8. The monoisotopic (exact) mass is 245 g/mol. The summed E-state index contributed by atoms with van der Waals surface area (Å²) in [6.07, 6.45) is 4.00. The van der Waals surface area contributed by atoms with E-state index in [2.05, 4.69) is 13.0 Å². The van der Waals surface area contributed by atoms with Crippen molar-refractivity contribution in [1.29, 1.82) is 5.26 Å². The molecule has 3 nitrogen and oxygen atoms in total. The Hall–Kier alpha value is -1.37. The first-order chi connectivity index (χ1) is 8.80. The van der Waals surface area contributed by atoms with Crippen LogP contribution in [0.3, 0.4) is 0 Å². The minimum atomic E-state index is -0.595. The van der Waals surface area contributed by atoms with E-state index in [1.165, 1.54) is 0 Å². The van der Waals surface area contributed by atoms with Gasteiger partial charge in [-0.25, -0.2) is 0 Å². The molecule has 0 saturated carbocycles. The van der Waals surface area contributed by atoms with Crippen LogP contribution in [-0.4, -0.2) is 13.2 Å². The number of unbranched alkanes of at least 4 members (excludes halogenated alkanes) is 1. The van der Waals surface area contributed by atoms with E-state index in [9.17, 15) is 0 Å². The van der Waals surface area contributed by atoms with E-state index < -0.39 is 5.79 Å². The molecule has 0 spiro atoms. The smallest absolute Gasteiger partial charge is 0.194 e. The maximum Gasteiger partial charge on any atom is 0.194 e. The molecule has 0 N–H and O–H groups in total. The van der Waals surface area contributed by atoms with Crippen molar-refractivity contribution in [2.24, 2.45) is 0 Å². The summed E-state index contributed by atoms with van der Waals surface area (Å²) in [6.45, 7) is 3.64. The van der Waals surface area contributed by atoms with Gasteiger partial charge in [-0.3, -0.25) is 0 Å². The summed E-state index contributed by atoms with van der Waals surface area (Å²) in [4.78, 5) is 0. The van der Waals surface area contributed by atoms with E-state index in [1.807, 2.05) is 24.3 Å². The van der Waals surface area contributed by atoms with Gasteiger partial charge in [-0.05, 0) is 25.0 Å². The third kappa shape index (κ3) is 2.72. The van der Waals surface area contributed by atoms with Crippen LogP contribution in [0.1, 0.15) is 43.7 Å². The lowest BCUT2D eigenvalue weighted by molar-refractivity contribution is -0.280. The average molecular weight is 245 g/mol. The Morgan fingerprint density at radius 2 is 1.89 bits per heavy atom. The molecular weight excluding hydrogens is 226 g/mol. The molecule has 1 fully saturated rings. The summed E-state index contributed by atoms with van der Waals surface area (Å²) >= 11 is 0. The first kappa shape index (κ1) is 13.1. The van der Waals surface area contributed by atoms with Gasteiger partial charge in [0.25, 0.3) is 0 Å². The van der Waals surface area contributed by atoms with Crippen molar-refractivity contribution in [3.8, 4) is 6.07 Å². The summed E-state index contributed by atoms with van der Waals surface area (Å²) in [5.41, 5.74) is 1.69. The second-order valence-corrected chi connectivity index (χ2v) is 4.60. The standard InChI is InChI=1S/C15H19NO2/c1-2-3-9-15(17-10-4-11-18-15)14-7-5-13(12-16)6-8-14/h5-8H,2-4,9-11H2,1H3. The summed E-state index contributed by atoms with van der Waals surface area (Å²) in [5, 5.41) is 8.83. The Morgan fingerprint density at radius 1 is 1.22 bits per heavy atom. The van der Waals surface area contributed by atoms with Crippen molar-refractivity contribution in [3.05, 3.63) is 35.4 Å². The number of nitrogens with zero attached hydrogens (tertiary/aromatic N) is 1. The molecule has 3 heteroatoms. The van der Waals surface area contributed by atoms with Crippen LogP contribution >= 0.6 is 0 Å². The molecule has 18 heavy (non-hydrogen) atoms. The zero-order valence-electron chi connectivity index (χ0n) is 10.8. The van der Waals surface area contributed by atoms with Gasteiger partial charge >= 0.3 is 0 Å². The van der Waals surface area contributed by atoms with Crippen molar-refractivity contribution in [3.63, 3.8) is 0 Å². The highest BCUT2D eigenvalue weighted by atomic mass is 16.7. The van der Waals surface area contributed by atoms with Crippen molar-refractivity contribution >= 4 is 0 Å². The molecule has 96 valence electrons. The molecule has 1 aliphatic rings. The second-order valence-electron chi connectivity index (χ2n) is 4.60. The topological polar surface area (TPSA) is 42.2 Å². The Morgan fingerprint density at radius 3 is 2.44 bits per heavy atom. The van der Waals surface area contributed by atoms with Gasteiger partial charge in [0.05, 0.1) is 24.8 Å². The molecule has 1 saturated heterocycles. The van der Waals surface area contributed by atoms with Gasteiger partial charge in [0.1, 0.15) is 0 Å². The van der Waals surface area contributed by atoms with Crippen LogP contribution in [0.2, 0.25) is 0 Å². The van der Waals surface area contributed by atoms with Crippen LogP contribution in [0.25, 0.3) is 0 Å². The molecule has 2 rings (SSSR count). The Kier molecular flexibility index (Phi) is 4.35. The number of rotatable bonds is 4. The third-order valence-electron chi connectivity index (χ3n) is 3.27. The Balaban J connectivity index is 2.24. The lowest BCUT2D eigenvalue weighted by Gasteiger charge is -2.37. The van der Waals surface area contributed by atoms with E-state index in [0.717, 1.165) is 44.5 Å². The summed E-state index contributed by atoms with van der Waals surface area (Å²) in [7, 11) is 0. The molecule has 0 radical (unpaired) electrons. The van der Waals surface area contributed by atoms with E-state index >= 15 is 0 Å². The second kappa shape index (κ2) is 5.99. The number of hydrogen-bond acceptors (Lipinski definition) is 3. The molecular formula is C15H19NO2. The quantitative estimate of drug-likeness (QED) is 0.817. The van der Waals surface area contributed by atoms with Crippen molar-refractivity contribution in [2.75, 3.05) is 13.2 Å². The van der Waals surface area contributed by atoms with Crippen molar-refractivity contribution in [1.82, 2.24) is 0 Å². The number of nitriles is 1. The largest absolute Gasteiger partial charge is 0.346 e. The number of hydrogen-bond donors (Lipinski definition) is 0. The van der Waals surface area contributed by atoms with Crippen LogP contribution in [0, 0.1) is 11.3 Å². The highest BCUT2D eigenvalue weighted by molar-refractivity contribution is 5.33. The van der Waals surface area contributed by atoms with Gasteiger partial charge in [0, 0.05) is 12.0 Å². The SMILES string of the molecule is CCCCC1(c2ccc(C#N)cc2)OCCCO1. The molecule has 0 aromatic heterocycles. The molecule has 0 atom stereocenters. The summed E-state index contributed by atoms with van der Waals surface area (Å²) in [5.74, 6) is -0.595. The van der Waals surface area contributed by atoms with Crippen LogP contribution in [0.15, 0.2) is 24.3 Å². The minimum Gasteiger partial charge on any atom is -0.346 e. The lowest BCUT2D eigenvalue weighted by atomic mass is 9.97. The van der Waals surface area contributed by atoms with Gasteiger partial charge < -0.3 is 9.47 Å². The van der Waals surface area contributed by atoms with Gasteiger partial charge in [0.15, 0.2) is 5.79 Å². The lowest BCUT2D eigenvalue weighted by Crippen LogP contribution is -2.38. The van der Waals surface area contributed by atoms with Gasteiger partial charge in [-0.2, -0.15) is 5.26 Å². The molecule has 0 aliphatic carbocycles. The van der Waals surface area contributed by atoms with Crippen molar-refractivity contribution in [2.45, 2.75) is 38.4 Å². The molecule has 0 bridgehead atoms. The fourth-order valence-corrected chi connectivity index (χ4v) is 2.24. The Bertz CT molecular complexity index is 413. The van der Waals surface area contributed by atoms with Crippen LogP contribution in [0.5, 0.6) is 0 Å². The van der Waals surface area contributed by atoms with Crippen LogP contribution < -0.4 is 0 Å². The molecule has 1 aromatic rings. The van der Waals surface area contributed by atoms with E-state index in [1.54, 1.807) is 0 Å². The van der Waals surface area contributed by atoms with Gasteiger partial charge in [-0.1, -0.05) is 25.5 Å². The third-order valence-corrected chi connectivity index (χ3v) is 3.27. The number of ether oxygens (including phenoxy) is 2. The van der Waals surface area contributed by atoms with Gasteiger partial charge in [0.2, 0.25) is 0 Å². The Labute approximate surface area is 108 Å². The highest BCUT2D eigenvalue weighted by Gasteiger charge is 2.35. The van der Waals surface area contributed by atoms with E-state index in [0.29, 0.717) is 5.56 Å².